The zero-order valence-electron chi connectivity index (χ0n) is 24.3. The third-order valence-corrected chi connectivity index (χ3v) is 16.5. The molecule has 0 N–H and O–H groups in total. The lowest BCUT2D eigenvalue weighted by Crippen LogP contribution is -2.45. The van der Waals surface area contributed by atoms with Crippen molar-refractivity contribution in [1.29, 1.82) is 0 Å². The van der Waals surface area contributed by atoms with Crippen LogP contribution in [0.3, 0.4) is 0 Å². The molecule has 3 aromatic rings. The average Bonchev–Trinajstić information content (AvgIpc) is 2.75. The van der Waals surface area contributed by atoms with Crippen LogP contribution in [0.5, 0.6) is 11.5 Å². The summed E-state index contributed by atoms with van der Waals surface area (Å²) in [6.07, 6.45) is 0. The van der Waals surface area contributed by atoms with Gasteiger partial charge in [-0.15, -0.1) is 11.8 Å². The molecule has 0 saturated heterocycles. The Bertz CT molecular complexity index is 1320. The number of benzene rings is 3. The Morgan fingerprint density at radius 2 is 0.889 bits per heavy atom. The van der Waals surface area contributed by atoms with Crippen LogP contribution < -0.4 is 8.85 Å². The van der Waals surface area contributed by atoms with Gasteiger partial charge >= 0.3 is 0 Å². The Kier molecular flexibility index (Phi) is 7.49. The monoisotopic (exact) mass is 514 g/mol. The number of hydrogen-bond acceptors (Lipinski definition) is 2. The first-order valence-electron chi connectivity index (χ1n) is 12.8. The van der Waals surface area contributed by atoms with Gasteiger partial charge in [0.25, 0.3) is 16.6 Å². The van der Waals surface area contributed by atoms with Crippen molar-refractivity contribution in [3.63, 3.8) is 0 Å². The molecular formula is C32H42O2Si2. The Labute approximate surface area is 221 Å². The fraction of sp³-hybridized carbons (Fsp3) is 0.438. The van der Waals surface area contributed by atoms with E-state index >= 15 is 0 Å². The molecule has 0 fully saturated rings. The van der Waals surface area contributed by atoms with Crippen LogP contribution in [-0.2, 0) is 0 Å². The molecule has 4 heteroatoms. The predicted octanol–water partition coefficient (Wildman–Crippen LogP) is 9.50. The van der Waals surface area contributed by atoms with Gasteiger partial charge in [0.2, 0.25) is 0 Å². The Hall–Kier alpha value is -2.67. The maximum atomic E-state index is 7.13. The lowest BCUT2D eigenvalue weighted by atomic mass is 9.96. The predicted molar refractivity (Wildman–Crippen MR) is 162 cm³/mol. The molecule has 0 atom stereocenters. The minimum atomic E-state index is -2.17. The smallest absolute Gasteiger partial charge is 0.250 e. The van der Waals surface area contributed by atoms with Gasteiger partial charge in [-0.1, -0.05) is 53.4 Å². The van der Waals surface area contributed by atoms with Crippen molar-refractivity contribution in [1.82, 2.24) is 0 Å². The van der Waals surface area contributed by atoms with E-state index in [1.54, 1.807) is 0 Å². The van der Waals surface area contributed by atoms with Crippen molar-refractivity contribution in [2.75, 3.05) is 0 Å². The molecule has 0 aliphatic carbocycles. The Morgan fingerprint density at radius 3 is 1.17 bits per heavy atom. The third kappa shape index (κ3) is 5.36. The molecule has 190 valence electrons. The molecule has 0 heterocycles. The van der Waals surface area contributed by atoms with E-state index in [0.717, 1.165) is 44.2 Å². The summed E-state index contributed by atoms with van der Waals surface area (Å²) in [7, 11) is -4.34. The summed E-state index contributed by atoms with van der Waals surface area (Å²) in [6.45, 7) is 26.6. The van der Waals surface area contributed by atoms with E-state index in [9.17, 15) is 0 Å². The van der Waals surface area contributed by atoms with Gasteiger partial charge in [0, 0.05) is 21.9 Å². The molecule has 36 heavy (non-hydrogen) atoms. The van der Waals surface area contributed by atoms with E-state index in [2.05, 4.69) is 128 Å². The molecule has 0 aliphatic rings. The van der Waals surface area contributed by atoms with Crippen LogP contribution in [0.4, 0.5) is 0 Å². The van der Waals surface area contributed by atoms with E-state index < -0.39 is 16.6 Å². The summed E-state index contributed by atoms with van der Waals surface area (Å²) in [4.78, 5) is 0. The summed E-state index contributed by atoms with van der Waals surface area (Å²) >= 11 is 0. The summed E-state index contributed by atoms with van der Waals surface area (Å²) in [6, 6.07) is 12.9. The van der Waals surface area contributed by atoms with Gasteiger partial charge in [-0.05, 0) is 97.3 Å². The number of fused-ring (bicyclic) bond motifs is 3. The highest BCUT2D eigenvalue weighted by atomic mass is 28.4. The van der Waals surface area contributed by atoms with Crippen LogP contribution in [0, 0.1) is 23.7 Å². The first-order valence-corrected chi connectivity index (χ1v) is 18.6. The SMILES string of the molecule is CC#Cc1ccc2c(O[Si](C)(C)C(C)(C)C)c(O[Si](C)(C)C(C)(C)C)c3ccc(C#CC)cc3c2c1. The van der Waals surface area contributed by atoms with Crippen LogP contribution >= 0.6 is 0 Å². The summed E-state index contributed by atoms with van der Waals surface area (Å²) in [5.41, 5.74) is 1.99. The van der Waals surface area contributed by atoms with Crippen LogP contribution in [0.2, 0.25) is 36.3 Å². The van der Waals surface area contributed by atoms with Crippen molar-refractivity contribution in [3.8, 4) is 35.2 Å². The zero-order valence-corrected chi connectivity index (χ0v) is 26.3. The van der Waals surface area contributed by atoms with Crippen LogP contribution in [0.15, 0.2) is 36.4 Å². The number of hydrogen-bond donors (Lipinski definition) is 0. The van der Waals surface area contributed by atoms with Crippen LogP contribution in [0.1, 0.15) is 66.5 Å². The molecule has 0 unspecified atom stereocenters. The average molecular weight is 515 g/mol. The molecule has 2 nitrogen and oxygen atoms in total. The molecule has 0 saturated carbocycles. The lowest BCUT2D eigenvalue weighted by molar-refractivity contribution is 0.447. The van der Waals surface area contributed by atoms with E-state index in [0.29, 0.717) is 0 Å². The lowest BCUT2D eigenvalue weighted by Gasteiger charge is -2.40. The van der Waals surface area contributed by atoms with Crippen molar-refractivity contribution in [3.05, 3.63) is 47.5 Å². The minimum absolute atomic E-state index is 0.0523. The minimum Gasteiger partial charge on any atom is -0.541 e. The molecule has 0 spiro atoms. The Balaban J connectivity index is 2.53. The van der Waals surface area contributed by atoms with Gasteiger partial charge in [0.1, 0.15) is 0 Å². The molecule has 3 rings (SSSR count). The van der Waals surface area contributed by atoms with Gasteiger partial charge < -0.3 is 8.85 Å². The maximum Gasteiger partial charge on any atom is 0.250 e. The third-order valence-electron chi connectivity index (χ3n) is 7.89. The van der Waals surface area contributed by atoms with Crippen molar-refractivity contribution in [2.45, 2.75) is 91.7 Å². The zero-order chi connectivity index (χ0) is 27.1. The largest absolute Gasteiger partial charge is 0.541 e. The van der Waals surface area contributed by atoms with Crippen molar-refractivity contribution in [2.24, 2.45) is 0 Å². The molecule has 3 aromatic carbocycles. The fourth-order valence-corrected chi connectivity index (χ4v) is 5.68. The van der Waals surface area contributed by atoms with Crippen LogP contribution in [-0.4, -0.2) is 16.6 Å². The highest BCUT2D eigenvalue weighted by Crippen LogP contribution is 2.50. The normalized spacial score (nSPS) is 12.6. The molecular weight excluding hydrogens is 473 g/mol. The second-order valence-corrected chi connectivity index (χ2v) is 22.1. The molecule has 0 amide bonds. The van der Waals surface area contributed by atoms with Gasteiger partial charge in [-0.3, -0.25) is 0 Å². The molecule has 0 aliphatic heterocycles. The van der Waals surface area contributed by atoms with E-state index in [4.69, 9.17) is 8.85 Å². The quantitative estimate of drug-likeness (QED) is 0.196. The van der Waals surface area contributed by atoms with Gasteiger partial charge in [0.05, 0.1) is 0 Å². The van der Waals surface area contributed by atoms with Crippen molar-refractivity contribution < 1.29 is 8.85 Å². The van der Waals surface area contributed by atoms with E-state index in [1.807, 2.05) is 13.8 Å². The summed E-state index contributed by atoms with van der Waals surface area (Å²) in [5.74, 6) is 14.3. The standard InChI is InChI=1S/C32H42O2Si2/c1-13-15-23-17-19-25-27(21-23)28-22-24(16-14-2)18-20-26(28)30(34-36(11,12)32(6,7)8)29(25)33-35(9,10)31(3,4)5/h17-22H,1-12H3. The first-order chi connectivity index (χ1) is 16.5. The van der Waals surface area contributed by atoms with Gasteiger partial charge in [-0.25, -0.2) is 0 Å². The second-order valence-electron chi connectivity index (χ2n) is 12.7. The molecule has 0 radical (unpaired) electrons. The first kappa shape index (κ1) is 27.9. The van der Waals surface area contributed by atoms with E-state index in [1.165, 1.54) is 0 Å². The molecule has 0 bridgehead atoms. The Morgan fingerprint density at radius 1 is 0.556 bits per heavy atom. The molecule has 0 aromatic heterocycles. The second kappa shape index (κ2) is 9.66. The highest BCUT2D eigenvalue weighted by Gasteiger charge is 2.43. The van der Waals surface area contributed by atoms with E-state index in [-0.39, 0.29) is 10.1 Å². The summed E-state index contributed by atoms with van der Waals surface area (Å²) < 4.78 is 14.3. The van der Waals surface area contributed by atoms with Gasteiger partial charge in [0.15, 0.2) is 11.5 Å². The maximum absolute atomic E-state index is 7.13. The topological polar surface area (TPSA) is 18.5 Å². The van der Waals surface area contributed by atoms with Crippen molar-refractivity contribution >= 4 is 38.2 Å². The highest BCUT2D eigenvalue weighted by molar-refractivity contribution is 6.75. The van der Waals surface area contributed by atoms with Crippen LogP contribution in [0.25, 0.3) is 21.5 Å². The summed E-state index contributed by atoms with van der Waals surface area (Å²) in [5, 5.41) is 4.50. The number of rotatable bonds is 4. The fourth-order valence-electron chi connectivity index (χ4n) is 3.64. The van der Waals surface area contributed by atoms with Gasteiger partial charge in [-0.2, -0.15) is 0 Å².